The molecule has 3 aromatic rings. The molecule has 0 amide bonds. The summed E-state index contributed by atoms with van der Waals surface area (Å²) in [7, 11) is 3.95. The van der Waals surface area contributed by atoms with Crippen LogP contribution in [0, 0.1) is 11.8 Å². The largest absolute Gasteiger partial charge is 0.497 e. The molecule has 0 spiro atoms. The Morgan fingerprint density at radius 3 is 2.73 bits per heavy atom. The Kier molecular flexibility index (Phi) is 3.60. The van der Waals surface area contributed by atoms with E-state index in [0.29, 0.717) is 17.9 Å². The van der Waals surface area contributed by atoms with Crippen molar-refractivity contribution in [2.75, 3.05) is 38.7 Å². The maximum atomic E-state index is 5.31. The van der Waals surface area contributed by atoms with E-state index in [1.54, 1.807) is 13.4 Å². The zero-order chi connectivity index (χ0) is 17.7. The molecule has 134 valence electrons. The van der Waals surface area contributed by atoms with Gasteiger partial charge in [0.2, 0.25) is 0 Å². The van der Waals surface area contributed by atoms with Gasteiger partial charge in [0, 0.05) is 37.8 Å². The standard InChI is InChI=1S/C20H23N5O/c1-24-9-14-10-25(20-18-17(7-8-21-18)22-12-23-20)11-16(14)19(24)13-3-5-15(26-2)6-4-13/h3-8,12,14,16,19,21H,9-11H2,1-2H3/t14-,16+,19-/m0/s1. The van der Waals surface area contributed by atoms with E-state index in [0.717, 1.165) is 42.2 Å². The Bertz CT molecular complexity index is 921. The normalized spacial score (nSPS) is 25.8. The van der Waals surface area contributed by atoms with E-state index >= 15 is 0 Å². The van der Waals surface area contributed by atoms with Crippen molar-refractivity contribution in [1.29, 1.82) is 0 Å². The smallest absolute Gasteiger partial charge is 0.156 e. The Balaban J connectivity index is 1.44. The molecule has 0 bridgehead atoms. The van der Waals surface area contributed by atoms with Crippen LogP contribution in [0.15, 0.2) is 42.9 Å². The van der Waals surface area contributed by atoms with Gasteiger partial charge in [-0.05, 0) is 36.7 Å². The summed E-state index contributed by atoms with van der Waals surface area (Å²) in [6.07, 6.45) is 3.61. The van der Waals surface area contributed by atoms with Crippen LogP contribution in [-0.2, 0) is 0 Å². The molecule has 2 fully saturated rings. The van der Waals surface area contributed by atoms with Gasteiger partial charge >= 0.3 is 0 Å². The maximum Gasteiger partial charge on any atom is 0.156 e. The minimum Gasteiger partial charge on any atom is -0.497 e. The number of aromatic amines is 1. The Morgan fingerprint density at radius 1 is 1.08 bits per heavy atom. The lowest BCUT2D eigenvalue weighted by Gasteiger charge is -2.27. The van der Waals surface area contributed by atoms with Gasteiger partial charge in [0.1, 0.15) is 17.6 Å². The molecule has 0 unspecified atom stereocenters. The van der Waals surface area contributed by atoms with Gasteiger partial charge in [-0.3, -0.25) is 4.90 Å². The number of likely N-dealkylation sites (tertiary alicyclic amines) is 1. The van der Waals surface area contributed by atoms with Crippen molar-refractivity contribution in [3.63, 3.8) is 0 Å². The summed E-state index contributed by atoms with van der Waals surface area (Å²) in [6.45, 7) is 3.19. The molecule has 5 rings (SSSR count). The summed E-state index contributed by atoms with van der Waals surface area (Å²) in [5.41, 5.74) is 3.40. The molecule has 0 saturated carbocycles. The van der Waals surface area contributed by atoms with Gasteiger partial charge < -0.3 is 14.6 Å². The summed E-state index contributed by atoms with van der Waals surface area (Å²) in [5.74, 6) is 3.21. The van der Waals surface area contributed by atoms with Crippen molar-refractivity contribution in [2.24, 2.45) is 11.8 Å². The predicted molar refractivity (Wildman–Crippen MR) is 101 cm³/mol. The average Bonchev–Trinajstić information content (AvgIpc) is 3.35. The van der Waals surface area contributed by atoms with Crippen LogP contribution in [0.5, 0.6) is 5.75 Å². The zero-order valence-corrected chi connectivity index (χ0v) is 15.1. The first-order valence-electron chi connectivity index (χ1n) is 9.12. The lowest BCUT2D eigenvalue weighted by Crippen LogP contribution is -2.29. The Hall–Kier alpha value is -2.60. The molecule has 0 aliphatic carbocycles. The number of aromatic nitrogens is 3. The van der Waals surface area contributed by atoms with Gasteiger partial charge in [-0.1, -0.05) is 12.1 Å². The fourth-order valence-corrected chi connectivity index (χ4v) is 4.83. The number of nitrogens with one attached hydrogen (secondary N) is 1. The second-order valence-electron chi connectivity index (χ2n) is 7.42. The van der Waals surface area contributed by atoms with Crippen molar-refractivity contribution < 1.29 is 4.74 Å². The quantitative estimate of drug-likeness (QED) is 0.788. The third-order valence-electron chi connectivity index (χ3n) is 5.98. The van der Waals surface area contributed by atoms with Gasteiger partial charge in [0.15, 0.2) is 5.82 Å². The van der Waals surface area contributed by atoms with Crippen molar-refractivity contribution in [3.05, 3.63) is 48.4 Å². The van der Waals surface area contributed by atoms with Gasteiger partial charge in [0.25, 0.3) is 0 Å². The van der Waals surface area contributed by atoms with Gasteiger partial charge in [-0.2, -0.15) is 0 Å². The summed E-state index contributed by atoms with van der Waals surface area (Å²) in [5, 5.41) is 0. The number of fused-ring (bicyclic) bond motifs is 2. The molecule has 6 nitrogen and oxygen atoms in total. The number of anilines is 1. The summed E-state index contributed by atoms with van der Waals surface area (Å²) >= 11 is 0. The maximum absolute atomic E-state index is 5.31. The number of nitrogens with zero attached hydrogens (tertiary/aromatic N) is 4. The van der Waals surface area contributed by atoms with Crippen LogP contribution >= 0.6 is 0 Å². The molecule has 4 heterocycles. The fourth-order valence-electron chi connectivity index (χ4n) is 4.83. The van der Waals surface area contributed by atoms with E-state index in [-0.39, 0.29) is 0 Å². The molecule has 2 saturated heterocycles. The number of methoxy groups -OCH3 is 1. The third kappa shape index (κ3) is 2.36. The molecule has 26 heavy (non-hydrogen) atoms. The number of hydrogen-bond acceptors (Lipinski definition) is 5. The molecule has 1 aromatic carbocycles. The Morgan fingerprint density at radius 2 is 1.92 bits per heavy atom. The van der Waals surface area contributed by atoms with E-state index in [1.807, 2.05) is 12.3 Å². The molecule has 6 heteroatoms. The SMILES string of the molecule is COc1ccc([C@H]2[C@@H]3CN(c4ncnc5cc[nH]c45)C[C@@H]3CN2C)cc1. The highest BCUT2D eigenvalue weighted by Crippen LogP contribution is 2.45. The summed E-state index contributed by atoms with van der Waals surface area (Å²) < 4.78 is 5.31. The Labute approximate surface area is 152 Å². The summed E-state index contributed by atoms with van der Waals surface area (Å²) in [6, 6.07) is 11.0. The highest BCUT2D eigenvalue weighted by molar-refractivity contribution is 5.86. The highest BCUT2D eigenvalue weighted by atomic mass is 16.5. The number of rotatable bonds is 3. The first-order chi connectivity index (χ1) is 12.7. The van der Waals surface area contributed by atoms with Crippen molar-refractivity contribution in [1.82, 2.24) is 19.9 Å². The molecule has 2 aliphatic rings. The summed E-state index contributed by atoms with van der Waals surface area (Å²) in [4.78, 5) is 17.2. The van der Waals surface area contributed by atoms with Crippen molar-refractivity contribution in [2.45, 2.75) is 6.04 Å². The van der Waals surface area contributed by atoms with E-state index in [9.17, 15) is 0 Å². The van der Waals surface area contributed by atoms with Crippen molar-refractivity contribution >= 4 is 16.9 Å². The predicted octanol–water partition coefficient (Wildman–Crippen LogP) is 2.71. The van der Waals surface area contributed by atoms with Crippen molar-refractivity contribution in [3.8, 4) is 5.75 Å². The van der Waals surface area contributed by atoms with Crippen LogP contribution in [-0.4, -0.2) is 53.6 Å². The van der Waals surface area contributed by atoms with Crippen LogP contribution in [0.1, 0.15) is 11.6 Å². The molecular weight excluding hydrogens is 326 g/mol. The van der Waals surface area contributed by atoms with Gasteiger partial charge in [-0.25, -0.2) is 9.97 Å². The fraction of sp³-hybridized carbons (Fsp3) is 0.400. The zero-order valence-electron chi connectivity index (χ0n) is 15.1. The first kappa shape index (κ1) is 15.6. The molecule has 2 aromatic heterocycles. The number of H-pyrrole nitrogens is 1. The molecule has 3 atom stereocenters. The second-order valence-corrected chi connectivity index (χ2v) is 7.42. The van der Waals surface area contributed by atoms with E-state index in [1.165, 1.54) is 5.56 Å². The van der Waals surface area contributed by atoms with E-state index in [2.05, 4.69) is 56.1 Å². The van der Waals surface area contributed by atoms with Crippen LogP contribution in [0.25, 0.3) is 11.0 Å². The van der Waals surface area contributed by atoms with E-state index < -0.39 is 0 Å². The average molecular weight is 349 g/mol. The number of ether oxygens (including phenoxy) is 1. The second kappa shape index (κ2) is 5.99. The minimum atomic E-state index is 0.442. The van der Waals surface area contributed by atoms with Crippen LogP contribution < -0.4 is 9.64 Å². The van der Waals surface area contributed by atoms with Gasteiger partial charge in [0.05, 0.1) is 12.6 Å². The molecule has 0 radical (unpaired) electrons. The molecule has 2 aliphatic heterocycles. The number of benzene rings is 1. The lowest BCUT2D eigenvalue weighted by molar-refractivity contribution is 0.279. The van der Waals surface area contributed by atoms with Crippen LogP contribution in [0.4, 0.5) is 5.82 Å². The van der Waals surface area contributed by atoms with Gasteiger partial charge in [-0.15, -0.1) is 0 Å². The molecule has 1 N–H and O–H groups in total. The van der Waals surface area contributed by atoms with Crippen LogP contribution in [0.3, 0.4) is 0 Å². The monoisotopic (exact) mass is 349 g/mol. The topological polar surface area (TPSA) is 57.3 Å². The lowest BCUT2D eigenvalue weighted by atomic mass is 9.89. The first-order valence-corrected chi connectivity index (χ1v) is 9.12. The third-order valence-corrected chi connectivity index (χ3v) is 5.98. The van der Waals surface area contributed by atoms with E-state index in [4.69, 9.17) is 4.74 Å². The minimum absolute atomic E-state index is 0.442. The van der Waals surface area contributed by atoms with Crippen LogP contribution in [0.2, 0.25) is 0 Å². The molecular formula is C20H23N5O. The number of hydrogen-bond donors (Lipinski definition) is 1. The highest BCUT2D eigenvalue weighted by Gasteiger charge is 2.46.